The van der Waals surface area contributed by atoms with Crippen LogP contribution < -0.4 is 9.46 Å². The molecule has 1 N–H and O–H groups in total. The van der Waals surface area contributed by atoms with E-state index in [0.717, 1.165) is 18.2 Å². The van der Waals surface area contributed by atoms with Crippen molar-refractivity contribution in [2.45, 2.75) is 4.90 Å². The maximum atomic E-state index is 13.1. The number of halogens is 1. The quantitative estimate of drug-likeness (QED) is 0.672. The summed E-state index contributed by atoms with van der Waals surface area (Å²) in [6.45, 7) is 0. The molecule has 9 heteroatoms. The predicted molar refractivity (Wildman–Crippen MR) is 76.9 cm³/mol. The molecule has 2 aromatic carbocycles. The van der Waals surface area contributed by atoms with E-state index in [1.807, 2.05) is 0 Å². The number of nitrogens with one attached hydrogen (secondary N) is 1. The number of nitro groups is 1. The zero-order chi connectivity index (χ0) is 16.3. The van der Waals surface area contributed by atoms with Crippen molar-refractivity contribution in [3.8, 4) is 5.75 Å². The maximum absolute atomic E-state index is 13.1. The number of sulfonamides is 1. The van der Waals surface area contributed by atoms with Gasteiger partial charge in [0.25, 0.3) is 15.7 Å². The molecule has 0 aliphatic heterocycles. The minimum absolute atomic E-state index is 0.102. The SMILES string of the molecule is COc1ccc([N+](=O)[O-])cc1NS(=O)(=O)c1cccc(F)c1. The molecule has 0 atom stereocenters. The average Bonchev–Trinajstić information content (AvgIpc) is 2.46. The molecule has 0 bridgehead atoms. The van der Waals surface area contributed by atoms with Crippen LogP contribution in [-0.4, -0.2) is 20.5 Å². The molecule has 116 valence electrons. The highest BCUT2D eigenvalue weighted by molar-refractivity contribution is 7.92. The zero-order valence-corrected chi connectivity index (χ0v) is 12.1. The Morgan fingerprint density at radius 2 is 1.95 bits per heavy atom. The molecule has 0 saturated carbocycles. The van der Waals surface area contributed by atoms with Crippen molar-refractivity contribution in [1.29, 1.82) is 0 Å². The fourth-order valence-electron chi connectivity index (χ4n) is 1.73. The summed E-state index contributed by atoms with van der Waals surface area (Å²) in [5.41, 5.74) is -0.418. The van der Waals surface area contributed by atoms with Crippen LogP contribution in [0.15, 0.2) is 47.4 Å². The van der Waals surface area contributed by atoms with E-state index >= 15 is 0 Å². The number of nitrogens with zero attached hydrogens (tertiary/aromatic N) is 1. The molecule has 0 aliphatic rings. The Balaban J connectivity index is 2.44. The largest absolute Gasteiger partial charge is 0.495 e. The molecule has 0 fully saturated rings. The molecule has 0 saturated heterocycles. The van der Waals surface area contributed by atoms with Crippen LogP contribution in [0.3, 0.4) is 0 Å². The molecule has 0 radical (unpaired) electrons. The van der Waals surface area contributed by atoms with Crippen molar-refractivity contribution in [1.82, 2.24) is 0 Å². The van der Waals surface area contributed by atoms with E-state index in [1.54, 1.807) is 0 Å². The molecule has 0 aliphatic carbocycles. The minimum atomic E-state index is -4.10. The Morgan fingerprint density at radius 3 is 2.55 bits per heavy atom. The van der Waals surface area contributed by atoms with Gasteiger partial charge in [-0.15, -0.1) is 0 Å². The number of hydrogen-bond donors (Lipinski definition) is 1. The molecule has 0 unspecified atom stereocenters. The Kier molecular flexibility index (Phi) is 4.27. The summed E-state index contributed by atoms with van der Waals surface area (Å²) in [6.07, 6.45) is 0. The monoisotopic (exact) mass is 326 g/mol. The van der Waals surface area contributed by atoms with Crippen LogP contribution in [0, 0.1) is 15.9 Å². The van der Waals surface area contributed by atoms with E-state index in [4.69, 9.17) is 4.74 Å². The number of ether oxygens (including phenoxy) is 1. The number of nitro benzene ring substituents is 1. The van der Waals surface area contributed by atoms with Gasteiger partial charge in [-0.1, -0.05) is 6.07 Å². The second kappa shape index (κ2) is 5.98. The Hall–Kier alpha value is -2.68. The highest BCUT2D eigenvalue weighted by atomic mass is 32.2. The first-order valence-corrected chi connectivity index (χ1v) is 7.42. The van der Waals surface area contributed by atoms with Gasteiger partial charge in [0.1, 0.15) is 11.6 Å². The Labute approximate surface area is 125 Å². The lowest BCUT2D eigenvalue weighted by molar-refractivity contribution is -0.384. The molecular formula is C13H11FN2O5S. The van der Waals surface area contributed by atoms with Crippen LogP contribution in [0.2, 0.25) is 0 Å². The number of benzene rings is 2. The molecule has 2 rings (SSSR count). The van der Waals surface area contributed by atoms with Gasteiger partial charge in [-0.3, -0.25) is 14.8 Å². The van der Waals surface area contributed by atoms with Gasteiger partial charge in [-0.2, -0.15) is 0 Å². The fourth-order valence-corrected chi connectivity index (χ4v) is 2.82. The first-order valence-electron chi connectivity index (χ1n) is 5.94. The standard InChI is InChI=1S/C13H11FN2O5S/c1-21-13-6-5-10(16(17)18)8-12(13)15-22(19,20)11-4-2-3-9(14)7-11/h2-8,15H,1H3. The fraction of sp³-hybridized carbons (Fsp3) is 0.0769. The van der Waals surface area contributed by atoms with Crippen LogP contribution >= 0.6 is 0 Å². The number of rotatable bonds is 5. The van der Waals surface area contributed by atoms with Crippen molar-refractivity contribution in [3.63, 3.8) is 0 Å². The summed E-state index contributed by atoms with van der Waals surface area (Å²) in [7, 11) is -2.81. The van der Waals surface area contributed by atoms with Crippen LogP contribution in [0.1, 0.15) is 0 Å². The number of hydrogen-bond acceptors (Lipinski definition) is 5. The number of anilines is 1. The molecule has 7 nitrogen and oxygen atoms in total. The van der Waals surface area contributed by atoms with Crippen LogP contribution in [-0.2, 0) is 10.0 Å². The van der Waals surface area contributed by atoms with Crippen molar-refractivity contribution >= 4 is 21.4 Å². The van der Waals surface area contributed by atoms with Gasteiger partial charge in [0.15, 0.2) is 0 Å². The number of non-ortho nitro benzene ring substituents is 1. The lowest BCUT2D eigenvalue weighted by Gasteiger charge is -2.11. The van der Waals surface area contributed by atoms with Gasteiger partial charge in [0.2, 0.25) is 0 Å². The normalized spacial score (nSPS) is 11.0. The van der Waals surface area contributed by atoms with Gasteiger partial charge < -0.3 is 4.74 Å². The van der Waals surface area contributed by atoms with Crippen LogP contribution in [0.4, 0.5) is 15.8 Å². The Morgan fingerprint density at radius 1 is 1.23 bits per heavy atom. The molecule has 2 aromatic rings. The van der Waals surface area contributed by atoms with Gasteiger partial charge >= 0.3 is 0 Å². The molecule has 22 heavy (non-hydrogen) atoms. The summed E-state index contributed by atoms with van der Waals surface area (Å²) in [5, 5.41) is 10.8. The first kappa shape index (κ1) is 15.7. The highest BCUT2D eigenvalue weighted by Gasteiger charge is 2.19. The second-order valence-corrected chi connectivity index (χ2v) is 5.89. The molecule has 0 heterocycles. The summed E-state index contributed by atoms with van der Waals surface area (Å²) < 4.78 is 44.7. The Bertz CT molecular complexity index is 823. The predicted octanol–water partition coefficient (Wildman–Crippen LogP) is 2.54. The van der Waals surface area contributed by atoms with Crippen LogP contribution in [0.25, 0.3) is 0 Å². The third-order valence-electron chi connectivity index (χ3n) is 2.74. The minimum Gasteiger partial charge on any atom is -0.495 e. The molecule has 0 spiro atoms. The topological polar surface area (TPSA) is 98.5 Å². The van der Waals surface area contributed by atoms with E-state index in [2.05, 4.69) is 4.72 Å². The number of methoxy groups -OCH3 is 1. The molecular weight excluding hydrogens is 315 g/mol. The average molecular weight is 326 g/mol. The van der Waals surface area contributed by atoms with E-state index in [-0.39, 0.29) is 22.0 Å². The second-order valence-electron chi connectivity index (χ2n) is 4.20. The van der Waals surface area contributed by atoms with E-state index < -0.39 is 20.8 Å². The van der Waals surface area contributed by atoms with Crippen LogP contribution in [0.5, 0.6) is 5.75 Å². The first-order chi connectivity index (χ1) is 10.3. The molecule has 0 aromatic heterocycles. The summed E-state index contributed by atoms with van der Waals surface area (Å²) in [5.74, 6) is -0.612. The third kappa shape index (κ3) is 3.31. The van der Waals surface area contributed by atoms with Crippen molar-refractivity contribution in [2.75, 3.05) is 11.8 Å². The summed E-state index contributed by atoms with van der Waals surface area (Å²) in [4.78, 5) is 9.80. The van der Waals surface area contributed by atoms with E-state index in [0.29, 0.717) is 0 Å². The van der Waals surface area contributed by atoms with E-state index in [9.17, 15) is 22.9 Å². The van der Waals surface area contributed by atoms with Gasteiger partial charge in [0, 0.05) is 12.1 Å². The highest BCUT2D eigenvalue weighted by Crippen LogP contribution is 2.30. The lowest BCUT2D eigenvalue weighted by Crippen LogP contribution is -2.14. The molecule has 0 amide bonds. The third-order valence-corrected chi connectivity index (χ3v) is 4.11. The van der Waals surface area contributed by atoms with Crippen molar-refractivity contribution in [3.05, 3.63) is 58.4 Å². The van der Waals surface area contributed by atoms with E-state index in [1.165, 1.54) is 31.4 Å². The lowest BCUT2D eigenvalue weighted by atomic mass is 10.2. The summed E-state index contributed by atoms with van der Waals surface area (Å²) >= 11 is 0. The van der Waals surface area contributed by atoms with Crippen molar-refractivity contribution in [2.24, 2.45) is 0 Å². The van der Waals surface area contributed by atoms with Gasteiger partial charge in [-0.05, 0) is 24.3 Å². The van der Waals surface area contributed by atoms with Crippen molar-refractivity contribution < 1.29 is 22.5 Å². The smallest absolute Gasteiger partial charge is 0.271 e. The van der Waals surface area contributed by atoms with Gasteiger partial charge in [0.05, 0.1) is 22.6 Å². The summed E-state index contributed by atoms with van der Waals surface area (Å²) in [6, 6.07) is 7.86. The van der Waals surface area contributed by atoms with Gasteiger partial charge in [-0.25, -0.2) is 12.8 Å². The zero-order valence-electron chi connectivity index (χ0n) is 11.3. The maximum Gasteiger partial charge on any atom is 0.271 e.